The van der Waals surface area contributed by atoms with Gasteiger partial charge in [0.15, 0.2) is 0 Å². The Morgan fingerprint density at radius 2 is 1.88 bits per heavy atom. The predicted octanol–water partition coefficient (Wildman–Crippen LogP) is 2.83. The van der Waals surface area contributed by atoms with Crippen molar-refractivity contribution in [2.75, 3.05) is 20.3 Å². The van der Waals surface area contributed by atoms with Crippen LogP contribution in [0.1, 0.15) is 71.1 Å². The first kappa shape index (κ1) is 24.9. The average Bonchev–Trinajstić information content (AvgIpc) is 2.82. The third-order valence-corrected chi connectivity index (χ3v) is 5.99. The molecule has 1 atom stereocenters. The highest BCUT2D eigenvalue weighted by atomic mass is 16.5. The van der Waals surface area contributed by atoms with Gasteiger partial charge in [0.05, 0.1) is 41.8 Å². The fourth-order valence-electron chi connectivity index (χ4n) is 3.66. The van der Waals surface area contributed by atoms with Crippen LogP contribution in [0.4, 0.5) is 0 Å². The number of carbonyl (C=O) groups excluding carboxylic acids is 2. The zero-order chi connectivity index (χ0) is 25.1. The molecule has 0 spiro atoms. The van der Waals surface area contributed by atoms with Gasteiger partial charge in [-0.05, 0) is 57.0 Å². The lowest BCUT2D eigenvalue weighted by Crippen LogP contribution is -2.59. The second kappa shape index (κ2) is 9.65. The lowest BCUT2D eigenvalue weighted by molar-refractivity contribution is -0.0593. The number of aliphatic imine (C=N–C) groups is 1. The molecule has 8 nitrogen and oxygen atoms in total. The lowest BCUT2D eigenvalue weighted by atomic mass is 9.85. The highest BCUT2D eigenvalue weighted by Crippen LogP contribution is 2.27. The van der Waals surface area contributed by atoms with Gasteiger partial charge in [-0.15, -0.1) is 0 Å². The van der Waals surface area contributed by atoms with Gasteiger partial charge >= 0.3 is 0 Å². The molecule has 1 saturated heterocycles. The summed E-state index contributed by atoms with van der Waals surface area (Å²) in [6.45, 7) is 8.41. The van der Waals surface area contributed by atoms with E-state index in [-0.39, 0.29) is 23.7 Å². The molecule has 2 amide bonds. The second-order valence-electron chi connectivity index (χ2n) is 9.40. The van der Waals surface area contributed by atoms with Crippen molar-refractivity contribution in [2.24, 2.45) is 10.7 Å². The Balaban J connectivity index is 1.96. The van der Waals surface area contributed by atoms with Crippen molar-refractivity contribution in [1.82, 2.24) is 10.6 Å². The zero-order valence-electron chi connectivity index (χ0n) is 20.2. The minimum atomic E-state index is -0.638. The Kier molecular flexibility index (Phi) is 7.08. The molecule has 1 heterocycles. The third kappa shape index (κ3) is 5.26. The van der Waals surface area contributed by atoms with Gasteiger partial charge < -0.3 is 21.1 Å². The van der Waals surface area contributed by atoms with Crippen molar-refractivity contribution in [1.29, 1.82) is 5.26 Å². The molecule has 178 valence electrons. The maximum Gasteiger partial charge on any atom is 0.251 e. The van der Waals surface area contributed by atoms with E-state index in [1.54, 1.807) is 18.2 Å². The smallest absolute Gasteiger partial charge is 0.251 e. The summed E-state index contributed by atoms with van der Waals surface area (Å²) in [6.07, 6.45) is 0. The van der Waals surface area contributed by atoms with E-state index in [9.17, 15) is 14.9 Å². The van der Waals surface area contributed by atoms with Crippen molar-refractivity contribution in [3.05, 3.63) is 70.3 Å². The molecule has 1 aliphatic heterocycles. The van der Waals surface area contributed by atoms with Gasteiger partial charge in [0.1, 0.15) is 5.84 Å². The minimum Gasteiger partial charge on any atom is -0.383 e. The van der Waals surface area contributed by atoms with E-state index in [2.05, 4.69) is 21.7 Å². The summed E-state index contributed by atoms with van der Waals surface area (Å²) in [5.41, 5.74) is 8.17. The van der Waals surface area contributed by atoms with E-state index in [4.69, 9.17) is 10.5 Å². The molecule has 0 saturated carbocycles. The number of carbonyl (C=O) groups is 2. The topological polar surface area (TPSA) is 130 Å². The first-order valence-electron chi connectivity index (χ1n) is 11.1. The summed E-state index contributed by atoms with van der Waals surface area (Å²) in [5, 5.41) is 15.0. The van der Waals surface area contributed by atoms with E-state index in [1.165, 1.54) is 7.05 Å². The number of benzene rings is 2. The van der Waals surface area contributed by atoms with Crippen LogP contribution in [0.2, 0.25) is 0 Å². The SMILES string of the molecule is CNC(=O)c1ccc(C(=O)NC2(C)COC2)cc1C(N)=N[C@H](C)c1cccc(C(C)(C)C#N)c1. The van der Waals surface area contributed by atoms with Gasteiger partial charge in [-0.2, -0.15) is 5.26 Å². The Morgan fingerprint density at radius 3 is 2.47 bits per heavy atom. The fourth-order valence-corrected chi connectivity index (χ4v) is 3.66. The average molecular weight is 462 g/mol. The van der Waals surface area contributed by atoms with E-state index >= 15 is 0 Å². The maximum absolute atomic E-state index is 12.8. The molecule has 0 bridgehead atoms. The number of amidine groups is 1. The van der Waals surface area contributed by atoms with Gasteiger partial charge in [0.2, 0.25) is 0 Å². The summed E-state index contributed by atoms with van der Waals surface area (Å²) in [6, 6.07) is 14.4. The summed E-state index contributed by atoms with van der Waals surface area (Å²) < 4.78 is 5.20. The van der Waals surface area contributed by atoms with E-state index in [0.29, 0.717) is 29.9 Å². The van der Waals surface area contributed by atoms with Crippen molar-refractivity contribution >= 4 is 17.6 Å². The van der Waals surface area contributed by atoms with Crippen LogP contribution in [0, 0.1) is 11.3 Å². The first-order chi connectivity index (χ1) is 16.0. The van der Waals surface area contributed by atoms with Crippen molar-refractivity contribution in [3.8, 4) is 6.07 Å². The summed E-state index contributed by atoms with van der Waals surface area (Å²) in [7, 11) is 1.53. The maximum atomic E-state index is 12.8. The van der Waals surface area contributed by atoms with Crippen LogP contribution in [-0.2, 0) is 10.2 Å². The van der Waals surface area contributed by atoms with Crippen LogP contribution in [0.3, 0.4) is 0 Å². The van der Waals surface area contributed by atoms with E-state index < -0.39 is 11.0 Å². The number of ether oxygens (including phenoxy) is 1. The molecule has 2 aromatic rings. The van der Waals surface area contributed by atoms with Crippen LogP contribution >= 0.6 is 0 Å². The number of hydrogen-bond acceptors (Lipinski definition) is 5. The van der Waals surface area contributed by atoms with Crippen molar-refractivity contribution < 1.29 is 14.3 Å². The van der Waals surface area contributed by atoms with Crippen LogP contribution in [0.15, 0.2) is 47.5 Å². The molecule has 0 unspecified atom stereocenters. The van der Waals surface area contributed by atoms with Gasteiger partial charge in [0, 0.05) is 18.2 Å². The van der Waals surface area contributed by atoms with Crippen LogP contribution in [0.25, 0.3) is 0 Å². The molecule has 34 heavy (non-hydrogen) atoms. The number of amides is 2. The number of nitrogens with one attached hydrogen (secondary N) is 2. The molecular weight excluding hydrogens is 430 g/mol. The van der Waals surface area contributed by atoms with Gasteiger partial charge in [-0.25, -0.2) is 0 Å². The first-order valence-corrected chi connectivity index (χ1v) is 11.1. The second-order valence-corrected chi connectivity index (χ2v) is 9.40. The van der Waals surface area contributed by atoms with Crippen LogP contribution in [0.5, 0.6) is 0 Å². The van der Waals surface area contributed by atoms with Gasteiger partial charge in [-0.1, -0.05) is 24.3 Å². The zero-order valence-corrected chi connectivity index (χ0v) is 20.2. The van der Waals surface area contributed by atoms with Crippen LogP contribution < -0.4 is 16.4 Å². The number of nitrogens with two attached hydrogens (primary N) is 1. The lowest BCUT2D eigenvalue weighted by Gasteiger charge is -2.38. The third-order valence-electron chi connectivity index (χ3n) is 5.99. The van der Waals surface area contributed by atoms with E-state index in [1.807, 2.05) is 52.0 Å². The largest absolute Gasteiger partial charge is 0.383 e. The Hall–Kier alpha value is -3.70. The molecule has 3 rings (SSSR count). The van der Waals surface area contributed by atoms with Gasteiger partial charge in [0.25, 0.3) is 11.8 Å². The standard InChI is InChI=1S/C26H31N5O3/c1-16(17-7-6-8-19(11-17)25(2,3)13-27)30-22(28)21-12-18(9-10-20(21)24(33)29-5)23(32)31-26(4)14-34-15-26/h6-12,16H,14-15H2,1-5H3,(H2,28,30)(H,29,33)(H,31,32)/t16-/m1/s1. The summed E-state index contributed by atoms with van der Waals surface area (Å²) in [5.74, 6) is -0.462. The van der Waals surface area contributed by atoms with Crippen LogP contribution in [-0.4, -0.2) is 43.5 Å². The highest BCUT2D eigenvalue weighted by Gasteiger charge is 2.35. The Labute approximate surface area is 200 Å². The monoisotopic (exact) mass is 461 g/mol. The number of rotatable bonds is 7. The molecule has 0 aromatic heterocycles. The quantitative estimate of drug-likeness (QED) is 0.431. The highest BCUT2D eigenvalue weighted by molar-refractivity contribution is 6.10. The van der Waals surface area contributed by atoms with E-state index in [0.717, 1.165) is 11.1 Å². The summed E-state index contributed by atoms with van der Waals surface area (Å²) in [4.78, 5) is 29.9. The number of hydrogen-bond donors (Lipinski definition) is 3. The predicted molar refractivity (Wildman–Crippen MR) is 131 cm³/mol. The molecule has 1 fully saturated rings. The normalized spacial score (nSPS) is 16.1. The Morgan fingerprint density at radius 1 is 1.18 bits per heavy atom. The summed E-state index contributed by atoms with van der Waals surface area (Å²) >= 11 is 0. The molecule has 4 N–H and O–H groups in total. The van der Waals surface area contributed by atoms with Gasteiger partial charge in [-0.3, -0.25) is 14.6 Å². The number of nitriles is 1. The molecule has 0 radical (unpaired) electrons. The molecule has 1 aliphatic rings. The van der Waals surface area contributed by atoms with Crippen molar-refractivity contribution in [2.45, 2.75) is 44.7 Å². The molecular formula is C26H31N5O3. The number of nitrogens with zero attached hydrogens (tertiary/aromatic N) is 2. The Bertz CT molecular complexity index is 1180. The van der Waals surface area contributed by atoms with Crippen molar-refractivity contribution in [3.63, 3.8) is 0 Å². The fraction of sp³-hybridized carbons (Fsp3) is 0.385. The minimum absolute atomic E-state index is 0.142. The molecule has 0 aliphatic carbocycles. The molecule has 2 aromatic carbocycles. The molecule has 8 heteroatoms.